The number of halogens is 4. The van der Waals surface area contributed by atoms with Gasteiger partial charge in [0.1, 0.15) is 5.75 Å². The van der Waals surface area contributed by atoms with E-state index in [-0.39, 0.29) is 17.3 Å². The van der Waals surface area contributed by atoms with Crippen LogP contribution in [0.15, 0.2) is 42.5 Å². The van der Waals surface area contributed by atoms with Crippen LogP contribution in [0.5, 0.6) is 5.75 Å². The third-order valence-corrected chi connectivity index (χ3v) is 3.79. The molecule has 0 fully saturated rings. The molecule has 2 aromatic carbocycles. The number of carbonyl (C=O) groups is 1. The monoisotopic (exact) mass is 371 g/mol. The van der Waals surface area contributed by atoms with Gasteiger partial charge in [0.05, 0.1) is 16.3 Å². The Morgan fingerprint density at radius 1 is 1.20 bits per heavy atom. The van der Waals surface area contributed by atoms with Crippen LogP contribution in [0.4, 0.5) is 18.9 Å². The lowest BCUT2D eigenvalue weighted by atomic mass is 10.0. The highest BCUT2D eigenvalue weighted by Gasteiger charge is 2.31. The van der Waals surface area contributed by atoms with Crippen molar-refractivity contribution in [2.75, 3.05) is 11.9 Å². The van der Waals surface area contributed by atoms with Gasteiger partial charge >= 0.3 is 6.18 Å². The Balaban J connectivity index is 2.02. The molecular weight excluding hydrogens is 355 g/mol. The van der Waals surface area contributed by atoms with Gasteiger partial charge in [0.15, 0.2) is 6.61 Å². The summed E-state index contributed by atoms with van der Waals surface area (Å²) < 4.78 is 43.6. The third-order valence-electron chi connectivity index (χ3n) is 3.46. The number of ether oxygens (including phenoxy) is 1. The Labute approximate surface area is 148 Å². The number of hydrogen-bond acceptors (Lipinski definition) is 2. The topological polar surface area (TPSA) is 38.3 Å². The standard InChI is InChI=1S/C18H17ClF3NO2/c1-11(2)12-4-3-5-14(8-12)25-10-17(24)23-16-9-13(18(20,21)22)6-7-15(16)19/h3-9,11H,10H2,1-2H3,(H,23,24). The minimum atomic E-state index is -4.52. The number of nitrogens with one attached hydrogen (secondary N) is 1. The largest absolute Gasteiger partial charge is 0.484 e. The second-order valence-electron chi connectivity index (χ2n) is 5.76. The Bertz CT molecular complexity index is 760. The molecule has 0 unspecified atom stereocenters. The van der Waals surface area contributed by atoms with E-state index in [1.165, 1.54) is 0 Å². The summed E-state index contributed by atoms with van der Waals surface area (Å²) in [5, 5.41) is 2.35. The average molecular weight is 372 g/mol. The Kier molecular flexibility index (Phi) is 5.95. The van der Waals surface area contributed by atoms with Gasteiger partial charge < -0.3 is 10.1 Å². The zero-order valence-corrected chi connectivity index (χ0v) is 14.4. The summed E-state index contributed by atoms with van der Waals surface area (Å²) >= 11 is 5.84. The van der Waals surface area contributed by atoms with E-state index < -0.39 is 17.6 Å². The molecule has 0 aromatic heterocycles. The first kappa shape index (κ1) is 19.1. The Morgan fingerprint density at radius 2 is 1.92 bits per heavy atom. The van der Waals surface area contributed by atoms with Crippen LogP contribution in [-0.2, 0) is 11.0 Å². The summed E-state index contributed by atoms with van der Waals surface area (Å²) in [4.78, 5) is 11.9. The minimum Gasteiger partial charge on any atom is -0.484 e. The lowest BCUT2D eigenvalue weighted by Gasteiger charge is -2.13. The molecule has 3 nitrogen and oxygen atoms in total. The van der Waals surface area contributed by atoms with Gasteiger partial charge in [-0.2, -0.15) is 13.2 Å². The van der Waals surface area contributed by atoms with Crippen molar-refractivity contribution in [2.45, 2.75) is 25.9 Å². The summed E-state index contributed by atoms with van der Waals surface area (Å²) in [6.45, 7) is 3.72. The second-order valence-corrected chi connectivity index (χ2v) is 6.16. The molecule has 2 aromatic rings. The molecule has 0 aliphatic carbocycles. The molecule has 0 aliphatic heterocycles. The van der Waals surface area contributed by atoms with E-state index in [0.29, 0.717) is 11.7 Å². The molecule has 2 rings (SSSR count). The number of benzene rings is 2. The molecule has 25 heavy (non-hydrogen) atoms. The van der Waals surface area contributed by atoms with E-state index in [2.05, 4.69) is 5.32 Å². The smallest absolute Gasteiger partial charge is 0.416 e. The first-order valence-electron chi connectivity index (χ1n) is 7.56. The molecule has 134 valence electrons. The summed E-state index contributed by atoms with van der Waals surface area (Å²) in [7, 11) is 0. The highest BCUT2D eigenvalue weighted by Crippen LogP contribution is 2.33. The van der Waals surface area contributed by atoms with Gasteiger partial charge in [-0.25, -0.2) is 0 Å². The zero-order valence-electron chi connectivity index (χ0n) is 13.7. The lowest BCUT2D eigenvalue weighted by Crippen LogP contribution is -2.20. The molecule has 0 aliphatic rings. The van der Waals surface area contributed by atoms with Crippen LogP contribution in [0.3, 0.4) is 0 Å². The van der Waals surface area contributed by atoms with Crippen molar-refractivity contribution in [3.05, 3.63) is 58.6 Å². The first-order valence-corrected chi connectivity index (χ1v) is 7.94. The van der Waals surface area contributed by atoms with Gasteiger partial charge in [-0.05, 0) is 41.8 Å². The quantitative estimate of drug-likeness (QED) is 0.753. The molecule has 0 bridgehead atoms. The predicted octanol–water partition coefficient (Wildman–Crippen LogP) is 5.50. The molecule has 7 heteroatoms. The molecule has 0 spiro atoms. The molecule has 0 atom stereocenters. The van der Waals surface area contributed by atoms with Gasteiger partial charge in [0, 0.05) is 0 Å². The van der Waals surface area contributed by atoms with Crippen molar-refractivity contribution in [3.8, 4) is 5.75 Å². The van der Waals surface area contributed by atoms with E-state index in [4.69, 9.17) is 16.3 Å². The van der Waals surface area contributed by atoms with E-state index in [0.717, 1.165) is 23.8 Å². The maximum absolute atomic E-state index is 12.7. The Hall–Kier alpha value is -2.21. The van der Waals surface area contributed by atoms with Crippen molar-refractivity contribution in [1.29, 1.82) is 0 Å². The maximum atomic E-state index is 12.7. The minimum absolute atomic E-state index is 0.0168. The fourth-order valence-electron chi connectivity index (χ4n) is 2.10. The van der Waals surface area contributed by atoms with E-state index in [1.807, 2.05) is 32.0 Å². The molecule has 0 saturated heterocycles. The van der Waals surface area contributed by atoms with Crippen molar-refractivity contribution >= 4 is 23.2 Å². The third kappa shape index (κ3) is 5.39. The van der Waals surface area contributed by atoms with Gasteiger partial charge in [0.2, 0.25) is 0 Å². The van der Waals surface area contributed by atoms with Crippen molar-refractivity contribution < 1.29 is 22.7 Å². The first-order chi connectivity index (χ1) is 11.7. The van der Waals surface area contributed by atoms with Gasteiger partial charge in [0.25, 0.3) is 5.91 Å². The van der Waals surface area contributed by atoms with Crippen LogP contribution in [0, 0.1) is 0 Å². The SMILES string of the molecule is CC(C)c1cccc(OCC(=O)Nc2cc(C(F)(F)F)ccc2Cl)c1. The van der Waals surface area contributed by atoms with Gasteiger partial charge in [-0.1, -0.05) is 37.6 Å². The van der Waals surface area contributed by atoms with Crippen molar-refractivity contribution in [3.63, 3.8) is 0 Å². The number of carbonyl (C=O) groups excluding carboxylic acids is 1. The highest BCUT2D eigenvalue weighted by molar-refractivity contribution is 6.33. The maximum Gasteiger partial charge on any atom is 0.416 e. The number of alkyl halides is 3. The number of amides is 1. The van der Waals surface area contributed by atoms with Gasteiger partial charge in [-0.3, -0.25) is 4.79 Å². The highest BCUT2D eigenvalue weighted by atomic mass is 35.5. The van der Waals surface area contributed by atoms with Crippen LogP contribution in [0.25, 0.3) is 0 Å². The number of rotatable bonds is 5. The average Bonchev–Trinajstić information content (AvgIpc) is 2.54. The van der Waals surface area contributed by atoms with E-state index in [1.54, 1.807) is 6.07 Å². The second kappa shape index (κ2) is 7.78. The van der Waals surface area contributed by atoms with E-state index in [9.17, 15) is 18.0 Å². The predicted molar refractivity (Wildman–Crippen MR) is 91.1 cm³/mol. The van der Waals surface area contributed by atoms with Crippen molar-refractivity contribution in [1.82, 2.24) is 0 Å². The summed E-state index contributed by atoms with van der Waals surface area (Å²) in [6, 6.07) is 10.0. The summed E-state index contributed by atoms with van der Waals surface area (Å²) in [5.74, 6) is 0.217. The number of hydrogen-bond donors (Lipinski definition) is 1. The molecule has 1 amide bonds. The molecule has 1 N–H and O–H groups in total. The fourth-order valence-corrected chi connectivity index (χ4v) is 2.26. The van der Waals surface area contributed by atoms with Crippen LogP contribution < -0.4 is 10.1 Å². The fraction of sp³-hybridized carbons (Fsp3) is 0.278. The summed E-state index contributed by atoms with van der Waals surface area (Å²) in [5.41, 5.74) is 0.0533. The zero-order chi connectivity index (χ0) is 18.6. The normalized spacial score (nSPS) is 11.5. The number of anilines is 1. The molecule has 0 heterocycles. The van der Waals surface area contributed by atoms with E-state index >= 15 is 0 Å². The van der Waals surface area contributed by atoms with Gasteiger partial charge in [-0.15, -0.1) is 0 Å². The Morgan fingerprint density at radius 3 is 2.56 bits per heavy atom. The van der Waals surface area contributed by atoms with Crippen LogP contribution in [-0.4, -0.2) is 12.5 Å². The lowest BCUT2D eigenvalue weighted by molar-refractivity contribution is -0.137. The van der Waals surface area contributed by atoms with Crippen LogP contribution >= 0.6 is 11.6 Å². The summed E-state index contributed by atoms with van der Waals surface area (Å²) in [6.07, 6.45) is -4.52. The van der Waals surface area contributed by atoms with Crippen LogP contribution in [0.2, 0.25) is 5.02 Å². The van der Waals surface area contributed by atoms with Crippen LogP contribution in [0.1, 0.15) is 30.9 Å². The molecule has 0 saturated carbocycles. The molecule has 0 radical (unpaired) electrons. The molecular formula is C18H17ClF3NO2. The van der Waals surface area contributed by atoms with Crippen molar-refractivity contribution in [2.24, 2.45) is 0 Å².